The van der Waals surface area contributed by atoms with E-state index in [4.69, 9.17) is 4.74 Å². The summed E-state index contributed by atoms with van der Waals surface area (Å²) in [6.07, 6.45) is -2.35. The van der Waals surface area contributed by atoms with Crippen molar-refractivity contribution in [3.05, 3.63) is 65.1 Å². The van der Waals surface area contributed by atoms with Crippen LogP contribution in [0.3, 0.4) is 0 Å². The summed E-state index contributed by atoms with van der Waals surface area (Å²) in [7, 11) is 1.28. The Kier molecular flexibility index (Phi) is 4.48. The first-order valence-electron chi connectivity index (χ1n) is 7.96. The summed E-state index contributed by atoms with van der Waals surface area (Å²) in [5, 5.41) is 0.645. The number of esters is 1. The number of rotatable bonds is 3. The molecule has 7 heteroatoms. The second-order valence-corrected chi connectivity index (χ2v) is 5.98. The van der Waals surface area contributed by atoms with Gasteiger partial charge in [0.05, 0.1) is 24.3 Å². The average Bonchev–Trinajstić information content (AvgIpc) is 2.91. The predicted molar refractivity (Wildman–Crippen MR) is 91.1 cm³/mol. The maximum atomic E-state index is 13.4. The van der Waals surface area contributed by atoms with Crippen LogP contribution >= 0.6 is 0 Å². The van der Waals surface area contributed by atoms with E-state index in [-0.39, 0.29) is 5.56 Å². The van der Waals surface area contributed by atoms with Gasteiger partial charge in [-0.3, -0.25) is 4.98 Å². The van der Waals surface area contributed by atoms with Crippen LogP contribution in [0.5, 0.6) is 0 Å². The summed E-state index contributed by atoms with van der Waals surface area (Å²) in [4.78, 5) is 15.8. The van der Waals surface area contributed by atoms with Crippen LogP contribution in [0, 0.1) is 6.92 Å². The average molecular weight is 362 g/mol. The van der Waals surface area contributed by atoms with Crippen LogP contribution in [-0.4, -0.2) is 22.6 Å². The van der Waals surface area contributed by atoms with Crippen LogP contribution in [0.15, 0.2) is 42.7 Å². The smallest absolute Gasteiger partial charge is 0.418 e. The molecule has 4 nitrogen and oxygen atoms in total. The number of alkyl halides is 3. The van der Waals surface area contributed by atoms with Gasteiger partial charge in [-0.15, -0.1) is 0 Å². The monoisotopic (exact) mass is 362 g/mol. The third-order valence-electron chi connectivity index (χ3n) is 4.54. The number of pyridine rings is 1. The summed E-state index contributed by atoms with van der Waals surface area (Å²) in [5.74, 6) is -0.518. The SMILES string of the molecule is COC(=O)c1c(C)n(C(C)c2ccncc2C(F)(F)F)c2ccccc12. The topological polar surface area (TPSA) is 44.1 Å². The zero-order valence-electron chi connectivity index (χ0n) is 14.5. The molecule has 26 heavy (non-hydrogen) atoms. The molecule has 3 aromatic rings. The zero-order valence-corrected chi connectivity index (χ0v) is 14.5. The Bertz CT molecular complexity index is 977. The molecule has 0 N–H and O–H groups in total. The molecule has 0 amide bonds. The third-order valence-corrected chi connectivity index (χ3v) is 4.54. The first-order valence-corrected chi connectivity index (χ1v) is 7.96. The molecule has 0 aliphatic carbocycles. The van der Waals surface area contributed by atoms with E-state index >= 15 is 0 Å². The second-order valence-electron chi connectivity index (χ2n) is 5.98. The number of carbonyl (C=O) groups is 1. The van der Waals surface area contributed by atoms with Gasteiger partial charge in [0, 0.05) is 29.0 Å². The van der Waals surface area contributed by atoms with E-state index in [9.17, 15) is 18.0 Å². The van der Waals surface area contributed by atoms with Gasteiger partial charge < -0.3 is 9.30 Å². The minimum atomic E-state index is -4.51. The van der Waals surface area contributed by atoms with Gasteiger partial charge in [-0.05, 0) is 31.5 Å². The fourth-order valence-electron chi connectivity index (χ4n) is 3.40. The number of benzene rings is 1. The van der Waals surface area contributed by atoms with Gasteiger partial charge in [-0.25, -0.2) is 4.79 Å². The molecule has 0 radical (unpaired) electrons. The molecule has 0 saturated heterocycles. The quantitative estimate of drug-likeness (QED) is 0.631. The molecular weight excluding hydrogens is 345 g/mol. The first kappa shape index (κ1) is 18.0. The predicted octanol–water partition coefficient (Wildman–Crippen LogP) is 4.76. The van der Waals surface area contributed by atoms with Crippen molar-refractivity contribution in [1.29, 1.82) is 0 Å². The van der Waals surface area contributed by atoms with Crippen molar-refractivity contribution in [3.63, 3.8) is 0 Å². The fourth-order valence-corrected chi connectivity index (χ4v) is 3.40. The Morgan fingerprint density at radius 1 is 1.23 bits per heavy atom. The Morgan fingerprint density at radius 3 is 2.58 bits per heavy atom. The van der Waals surface area contributed by atoms with Gasteiger partial charge >= 0.3 is 12.1 Å². The molecule has 0 saturated carbocycles. The third kappa shape index (κ3) is 2.83. The highest BCUT2D eigenvalue weighted by Crippen LogP contribution is 2.38. The number of para-hydroxylation sites is 1. The maximum absolute atomic E-state index is 13.4. The zero-order chi connectivity index (χ0) is 19.1. The minimum Gasteiger partial charge on any atom is -0.465 e. The van der Waals surface area contributed by atoms with Gasteiger partial charge in [0.1, 0.15) is 0 Å². The summed E-state index contributed by atoms with van der Waals surface area (Å²) >= 11 is 0. The lowest BCUT2D eigenvalue weighted by Crippen LogP contribution is -2.16. The summed E-state index contributed by atoms with van der Waals surface area (Å²) in [5.41, 5.74) is 0.882. The summed E-state index contributed by atoms with van der Waals surface area (Å²) < 4.78 is 46.8. The van der Waals surface area contributed by atoms with Crippen molar-refractivity contribution in [2.45, 2.75) is 26.1 Å². The highest BCUT2D eigenvalue weighted by atomic mass is 19.4. The standard InChI is InChI=1S/C19H17F3N2O2/c1-11(13-8-9-23-10-15(13)19(20,21)22)24-12(2)17(18(25)26-3)14-6-4-5-7-16(14)24/h4-11H,1-3H3. The molecule has 0 aliphatic heterocycles. The molecule has 0 aliphatic rings. The number of hydrogen-bond donors (Lipinski definition) is 0. The Labute approximate surface area is 148 Å². The van der Waals surface area contributed by atoms with Crippen molar-refractivity contribution in [2.75, 3.05) is 7.11 Å². The number of methoxy groups -OCH3 is 1. The number of ether oxygens (including phenoxy) is 1. The van der Waals surface area contributed by atoms with Gasteiger partial charge in [0.2, 0.25) is 0 Å². The van der Waals surface area contributed by atoms with Crippen molar-refractivity contribution in [1.82, 2.24) is 9.55 Å². The molecule has 1 atom stereocenters. The van der Waals surface area contributed by atoms with Crippen LogP contribution in [0.1, 0.15) is 40.1 Å². The molecule has 2 aromatic heterocycles. The number of nitrogens with zero attached hydrogens (tertiary/aromatic N) is 2. The molecular formula is C19H17F3N2O2. The fraction of sp³-hybridized carbons (Fsp3) is 0.263. The minimum absolute atomic E-state index is 0.0905. The van der Waals surface area contributed by atoms with Crippen LogP contribution in [0.4, 0.5) is 13.2 Å². The summed E-state index contributed by atoms with van der Waals surface area (Å²) in [6.45, 7) is 3.38. The highest BCUT2D eigenvalue weighted by Gasteiger charge is 2.36. The van der Waals surface area contributed by atoms with Gasteiger partial charge in [0.15, 0.2) is 0 Å². The van der Waals surface area contributed by atoms with Gasteiger partial charge in [-0.1, -0.05) is 18.2 Å². The van der Waals surface area contributed by atoms with E-state index in [2.05, 4.69) is 4.98 Å². The Morgan fingerprint density at radius 2 is 1.92 bits per heavy atom. The van der Waals surface area contributed by atoms with Crippen LogP contribution in [0.2, 0.25) is 0 Å². The molecule has 2 heterocycles. The van der Waals surface area contributed by atoms with E-state index in [0.717, 1.165) is 6.20 Å². The van der Waals surface area contributed by atoms with Crippen molar-refractivity contribution >= 4 is 16.9 Å². The van der Waals surface area contributed by atoms with Crippen LogP contribution < -0.4 is 0 Å². The molecule has 136 valence electrons. The molecule has 0 fully saturated rings. The number of halogens is 3. The molecule has 0 spiro atoms. The molecule has 1 aromatic carbocycles. The Hall–Kier alpha value is -2.83. The first-order chi connectivity index (χ1) is 12.3. The number of hydrogen-bond acceptors (Lipinski definition) is 3. The van der Waals surface area contributed by atoms with Crippen molar-refractivity contribution < 1.29 is 22.7 Å². The summed E-state index contributed by atoms with van der Waals surface area (Å²) in [6, 6.07) is 7.80. The number of fused-ring (bicyclic) bond motifs is 1. The maximum Gasteiger partial charge on any atom is 0.418 e. The number of aromatic nitrogens is 2. The Balaban J connectivity index is 2.28. The van der Waals surface area contributed by atoms with Crippen molar-refractivity contribution in [2.24, 2.45) is 0 Å². The van der Waals surface area contributed by atoms with Gasteiger partial charge in [-0.2, -0.15) is 13.2 Å². The van der Waals surface area contributed by atoms with E-state index in [1.807, 2.05) is 0 Å². The van der Waals surface area contributed by atoms with E-state index in [0.29, 0.717) is 22.2 Å². The second kappa shape index (κ2) is 6.48. The van der Waals surface area contributed by atoms with Crippen LogP contribution in [0.25, 0.3) is 10.9 Å². The van der Waals surface area contributed by atoms with Crippen molar-refractivity contribution in [3.8, 4) is 0 Å². The lowest BCUT2D eigenvalue weighted by Gasteiger charge is -2.22. The molecule has 0 bridgehead atoms. The highest BCUT2D eigenvalue weighted by molar-refractivity contribution is 6.06. The lowest BCUT2D eigenvalue weighted by molar-refractivity contribution is -0.138. The molecule has 3 rings (SSSR count). The van der Waals surface area contributed by atoms with E-state index in [1.54, 1.807) is 42.7 Å². The normalized spacial score (nSPS) is 13.0. The molecule has 1 unspecified atom stereocenters. The van der Waals surface area contributed by atoms with Gasteiger partial charge in [0.25, 0.3) is 0 Å². The van der Waals surface area contributed by atoms with E-state index in [1.165, 1.54) is 19.4 Å². The number of carbonyl (C=O) groups excluding carboxylic acids is 1. The lowest BCUT2D eigenvalue weighted by atomic mass is 10.0. The van der Waals surface area contributed by atoms with Crippen LogP contribution in [-0.2, 0) is 10.9 Å². The van der Waals surface area contributed by atoms with E-state index < -0.39 is 23.8 Å². The largest absolute Gasteiger partial charge is 0.465 e.